The Balaban J connectivity index is 0.00000243. The molecule has 3 N–H and O–H groups in total. The van der Waals surface area contributed by atoms with Crippen LogP contribution in [-0.4, -0.2) is 10.5 Å². The number of hydrogen-bond donors (Lipinski definition) is 2. The van der Waals surface area contributed by atoms with E-state index in [0.717, 1.165) is 16.8 Å². The van der Waals surface area contributed by atoms with Gasteiger partial charge in [0.2, 0.25) is 0 Å². The molecule has 0 atom stereocenters. The number of rotatable bonds is 5. The number of nitrogens with zero attached hydrogens (tertiary/aromatic N) is 2. The zero-order chi connectivity index (χ0) is 17.5. The molecule has 0 aliphatic heterocycles. The molecule has 0 unspecified atom stereocenters. The smallest absolute Gasteiger partial charge is 0.250 e. The average molecular weight is 460 g/mol. The lowest BCUT2D eigenvalue weighted by Gasteiger charge is -2.07. The first-order chi connectivity index (χ1) is 12.2. The van der Waals surface area contributed by atoms with Crippen LogP contribution >= 0.6 is 24.0 Å². The average Bonchev–Trinajstić information content (AvgIpc) is 2.64. The zero-order valence-electron chi connectivity index (χ0n) is 14.2. The van der Waals surface area contributed by atoms with E-state index in [1.807, 2.05) is 60.7 Å². The maximum absolute atomic E-state index is 11.7. The standard InChI is InChI=1S/C20H20N4O.HI/c21-20(23-18-6-2-1-3-7-18)22-14-16-9-11-17(12-10-16)15-24-13-5-4-8-19(24)25;/h1-13H,14-15H2,(H3,21,22,23);1H. The van der Waals surface area contributed by atoms with Crippen LogP contribution in [-0.2, 0) is 13.1 Å². The molecule has 0 amide bonds. The number of aliphatic imine (C=N–C) groups is 1. The highest BCUT2D eigenvalue weighted by Gasteiger charge is 1.99. The second-order valence-corrected chi connectivity index (χ2v) is 5.68. The Morgan fingerprint density at radius 3 is 2.27 bits per heavy atom. The quantitative estimate of drug-likeness (QED) is 0.348. The highest BCUT2D eigenvalue weighted by atomic mass is 127. The molecule has 1 heterocycles. The molecule has 0 radical (unpaired) electrons. The van der Waals surface area contributed by atoms with Gasteiger partial charge in [-0.15, -0.1) is 24.0 Å². The van der Waals surface area contributed by atoms with E-state index in [4.69, 9.17) is 5.73 Å². The third kappa shape index (κ3) is 5.73. The van der Waals surface area contributed by atoms with Crippen LogP contribution in [0.15, 0.2) is 88.8 Å². The lowest BCUT2D eigenvalue weighted by molar-refractivity contribution is 0.759. The second kappa shape index (κ2) is 9.76. The molecule has 0 fully saturated rings. The van der Waals surface area contributed by atoms with Gasteiger partial charge in [-0.2, -0.15) is 0 Å². The van der Waals surface area contributed by atoms with Gasteiger partial charge in [-0.25, -0.2) is 4.99 Å². The van der Waals surface area contributed by atoms with Crippen LogP contribution in [0, 0.1) is 0 Å². The third-order valence-electron chi connectivity index (χ3n) is 3.75. The Morgan fingerprint density at radius 2 is 1.58 bits per heavy atom. The number of aromatic nitrogens is 1. The summed E-state index contributed by atoms with van der Waals surface area (Å²) in [5, 5.41) is 3.05. The molecule has 6 heteroatoms. The van der Waals surface area contributed by atoms with Crippen LogP contribution in [0.5, 0.6) is 0 Å². The van der Waals surface area contributed by atoms with E-state index >= 15 is 0 Å². The van der Waals surface area contributed by atoms with Gasteiger partial charge in [-0.1, -0.05) is 48.5 Å². The maximum Gasteiger partial charge on any atom is 0.250 e. The number of benzene rings is 2. The largest absolute Gasteiger partial charge is 0.370 e. The highest BCUT2D eigenvalue weighted by molar-refractivity contribution is 14.0. The third-order valence-corrected chi connectivity index (χ3v) is 3.75. The van der Waals surface area contributed by atoms with E-state index in [2.05, 4.69) is 10.3 Å². The lowest BCUT2D eigenvalue weighted by Crippen LogP contribution is -2.22. The summed E-state index contributed by atoms with van der Waals surface area (Å²) < 4.78 is 1.68. The van der Waals surface area contributed by atoms with Crippen molar-refractivity contribution in [1.29, 1.82) is 0 Å². The van der Waals surface area contributed by atoms with Gasteiger partial charge >= 0.3 is 0 Å². The molecule has 2 aromatic carbocycles. The number of guanidine groups is 1. The van der Waals surface area contributed by atoms with Crippen LogP contribution in [0.4, 0.5) is 5.69 Å². The van der Waals surface area contributed by atoms with Crippen molar-refractivity contribution < 1.29 is 0 Å². The first kappa shape index (κ1) is 19.7. The molecule has 0 aliphatic rings. The Bertz CT molecular complexity index is 905. The summed E-state index contributed by atoms with van der Waals surface area (Å²) in [5.74, 6) is 0.381. The van der Waals surface area contributed by atoms with Crippen molar-refractivity contribution in [1.82, 2.24) is 4.57 Å². The van der Waals surface area contributed by atoms with Crippen LogP contribution in [0.2, 0.25) is 0 Å². The molecule has 3 rings (SSSR count). The van der Waals surface area contributed by atoms with E-state index in [9.17, 15) is 4.79 Å². The molecule has 0 aliphatic carbocycles. The molecular formula is C20H21IN4O. The fourth-order valence-corrected chi connectivity index (χ4v) is 2.42. The number of halogens is 1. The van der Waals surface area contributed by atoms with Gasteiger partial charge in [-0.3, -0.25) is 4.79 Å². The Hall–Kier alpha value is -2.61. The molecule has 1 aromatic heterocycles. The lowest BCUT2D eigenvalue weighted by atomic mass is 10.1. The Labute approximate surface area is 169 Å². The van der Waals surface area contributed by atoms with E-state index in [-0.39, 0.29) is 29.5 Å². The molecule has 0 saturated heterocycles. The van der Waals surface area contributed by atoms with Crippen LogP contribution < -0.4 is 16.6 Å². The Kier molecular flexibility index (Phi) is 7.40. The fraction of sp³-hybridized carbons (Fsp3) is 0.100. The minimum absolute atomic E-state index is 0. The normalized spacial score (nSPS) is 10.8. The minimum Gasteiger partial charge on any atom is -0.370 e. The number of pyridine rings is 1. The first-order valence-electron chi connectivity index (χ1n) is 8.06. The molecule has 0 bridgehead atoms. The van der Waals surface area contributed by atoms with Crippen molar-refractivity contribution >= 4 is 35.6 Å². The van der Waals surface area contributed by atoms with E-state index in [0.29, 0.717) is 19.0 Å². The van der Waals surface area contributed by atoms with Crippen molar-refractivity contribution in [3.8, 4) is 0 Å². The van der Waals surface area contributed by atoms with Crippen molar-refractivity contribution in [3.63, 3.8) is 0 Å². The van der Waals surface area contributed by atoms with Crippen LogP contribution in [0.25, 0.3) is 0 Å². The predicted molar refractivity (Wildman–Crippen MR) is 117 cm³/mol. The summed E-state index contributed by atoms with van der Waals surface area (Å²) in [5.41, 5.74) is 8.93. The maximum atomic E-state index is 11.7. The van der Waals surface area contributed by atoms with Gasteiger partial charge in [0.25, 0.3) is 5.56 Å². The van der Waals surface area contributed by atoms with Crippen molar-refractivity contribution in [2.45, 2.75) is 13.1 Å². The molecular weight excluding hydrogens is 439 g/mol. The molecule has 5 nitrogen and oxygen atoms in total. The van der Waals surface area contributed by atoms with E-state index < -0.39 is 0 Å². The molecule has 0 spiro atoms. The van der Waals surface area contributed by atoms with Gasteiger partial charge in [0.15, 0.2) is 5.96 Å². The summed E-state index contributed by atoms with van der Waals surface area (Å²) in [4.78, 5) is 16.1. The van der Waals surface area contributed by atoms with E-state index in [1.54, 1.807) is 22.9 Å². The van der Waals surface area contributed by atoms with Gasteiger partial charge in [0, 0.05) is 18.0 Å². The summed E-state index contributed by atoms with van der Waals surface area (Å²) >= 11 is 0. The predicted octanol–water partition coefficient (Wildman–Crippen LogP) is 3.44. The van der Waals surface area contributed by atoms with E-state index in [1.165, 1.54) is 0 Å². The number of nitrogens with one attached hydrogen (secondary N) is 1. The number of hydrogen-bond acceptors (Lipinski definition) is 2. The molecule has 0 saturated carbocycles. The SMILES string of the molecule is I.NC(=NCc1ccc(Cn2ccccc2=O)cc1)Nc1ccccc1. The molecule has 134 valence electrons. The number of nitrogens with two attached hydrogens (primary N) is 1. The van der Waals surface area contributed by atoms with Crippen LogP contribution in [0.3, 0.4) is 0 Å². The zero-order valence-corrected chi connectivity index (χ0v) is 16.5. The second-order valence-electron chi connectivity index (χ2n) is 5.68. The van der Waals surface area contributed by atoms with Gasteiger partial charge in [-0.05, 0) is 29.3 Å². The molecule has 26 heavy (non-hydrogen) atoms. The number of para-hydroxylation sites is 1. The fourth-order valence-electron chi connectivity index (χ4n) is 2.42. The summed E-state index contributed by atoms with van der Waals surface area (Å²) in [7, 11) is 0. The molecule has 3 aromatic rings. The monoisotopic (exact) mass is 460 g/mol. The van der Waals surface area contributed by atoms with Crippen molar-refractivity contribution in [3.05, 3.63) is 100 Å². The van der Waals surface area contributed by atoms with Crippen molar-refractivity contribution in [2.24, 2.45) is 10.7 Å². The number of anilines is 1. The first-order valence-corrected chi connectivity index (χ1v) is 8.06. The van der Waals surface area contributed by atoms with Gasteiger partial charge < -0.3 is 15.6 Å². The highest BCUT2D eigenvalue weighted by Crippen LogP contribution is 2.08. The van der Waals surface area contributed by atoms with Gasteiger partial charge in [0.1, 0.15) is 0 Å². The summed E-state index contributed by atoms with van der Waals surface area (Å²) in [6.45, 7) is 1.05. The summed E-state index contributed by atoms with van der Waals surface area (Å²) in [6.07, 6.45) is 1.79. The van der Waals surface area contributed by atoms with Crippen LogP contribution in [0.1, 0.15) is 11.1 Å². The topological polar surface area (TPSA) is 72.4 Å². The van der Waals surface area contributed by atoms with Gasteiger partial charge in [0.05, 0.1) is 13.1 Å². The summed E-state index contributed by atoms with van der Waals surface area (Å²) in [6, 6.07) is 22.9. The Morgan fingerprint density at radius 1 is 0.923 bits per heavy atom. The van der Waals surface area contributed by atoms with Crippen molar-refractivity contribution in [2.75, 3.05) is 5.32 Å². The minimum atomic E-state index is -0.00376.